The van der Waals surface area contributed by atoms with Crippen LogP contribution in [-0.4, -0.2) is 59.7 Å². The summed E-state index contributed by atoms with van der Waals surface area (Å²) >= 11 is 7.82. The van der Waals surface area contributed by atoms with E-state index in [0.717, 1.165) is 19.6 Å². The molecule has 0 bridgehead atoms. The van der Waals surface area contributed by atoms with Crippen LogP contribution in [0.2, 0.25) is 5.02 Å². The first-order valence-corrected chi connectivity index (χ1v) is 11.1. The molecule has 4 rings (SSSR count). The van der Waals surface area contributed by atoms with E-state index >= 15 is 0 Å². The number of methoxy groups -OCH3 is 1. The van der Waals surface area contributed by atoms with E-state index in [-0.39, 0.29) is 5.69 Å². The third kappa shape index (κ3) is 4.88. The van der Waals surface area contributed by atoms with E-state index in [1.807, 2.05) is 17.8 Å². The van der Waals surface area contributed by atoms with Crippen LogP contribution in [0.4, 0.5) is 15.9 Å². The summed E-state index contributed by atoms with van der Waals surface area (Å²) in [5.74, 6) is 3.54. The maximum Gasteiger partial charge on any atom is 0.163 e. The van der Waals surface area contributed by atoms with Crippen LogP contribution in [0.15, 0.2) is 36.7 Å². The van der Waals surface area contributed by atoms with Crippen molar-refractivity contribution in [2.45, 2.75) is 0 Å². The van der Waals surface area contributed by atoms with Crippen LogP contribution >= 0.6 is 23.4 Å². The van der Waals surface area contributed by atoms with Crippen molar-refractivity contribution in [3.63, 3.8) is 0 Å². The van der Waals surface area contributed by atoms with Crippen LogP contribution < -0.4 is 14.8 Å². The Morgan fingerprint density at radius 2 is 2.00 bits per heavy atom. The molecule has 1 saturated heterocycles. The highest BCUT2D eigenvalue weighted by molar-refractivity contribution is 7.99. The maximum absolute atomic E-state index is 14.2. The average molecular weight is 449 g/mol. The fourth-order valence-corrected chi connectivity index (χ4v) is 4.40. The number of rotatable bonds is 7. The van der Waals surface area contributed by atoms with Gasteiger partial charge in [-0.05, 0) is 24.3 Å². The van der Waals surface area contributed by atoms with Gasteiger partial charge in [0.1, 0.15) is 24.6 Å². The molecule has 1 aliphatic rings. The minimum absolute atomic E-state index is 0.276. The number of ether oxygens (including phenoxy) is 2. The normalized spacial score (nSPS) is 14.6. The van der Waals surface area contributed by atoms with E-state index in [0.29, 0.717) is 39.8 Å². The van der Waals surface area contributed by atoms with Gasteiger partial charge in [-0.15, -0.1) is 0 Å². The van der Waals surface area contributed by atoms with E-state index in [4.69, 9.17) is 21.1 Å². The molecule has 0 amide bonds. The fraction of sp³-hybridized carbons (Fsp3) is 0.333. The van der Waals surface area contributed by atoms with Crippen molar-refractivity contribution in [3.8, 4) is 11.5 Å². The zero-order chi connectivity index (χ0) is 20.9. The van der Waals surface area contributed by atoms with Crippen molar-refractivity contribution in [3.05, 3.63) is 47.5 Å². The zero-order valence-corrected chi connectivity index (χ0v) is 18.1. The summed E-state index contributed by atoms with van der Waals surface area (Å²) in [6, 6.07) is 8.06. The molecule has 0 saturated carbocycles. The molecule has 2 heterocycles. The molecule has 0 spiro atoms. The lowest BCUT2D eigenvalue weighted by Crippen LogP contribution is -2.35. The second-order valence-corrected chi connectivity index (χ2v) is 8.46. The largest absolute Gasteiger partial charge is 0.493 e. The molecule has 1 fully saturated rings. The molecular formula is C21H22ClFN4O2S. The molecule has 158 valence electrons. The standard InChI is InChI=1S/C21H22ClFN4O2S/c1-28-19-11-15-18(12-20(19)29-7-4-27-5-8-30-9-6-27)24-13-25-21(15)26-17-3-2-14(22)10-16(17)23/h2-3,10-13H,4-9H2,1H3,(H,24,25,26). The summed E-state index contributed by atoms with van der Waals surface area (Å²) in [5, 5.41) is 4.04. The van der Waals surface area contributed by atoms with Crippen molar-refractivity contribution in [1.82, 2.24) is 14.9 Å². The van der Waals surface area contributed by atoms with Crippen LogP contribution in [0, 0.1) is 5.82 Å². The topological polar surface area (TPSA) is 59.5 Å². The Hall–Kier alpha value is -2.29. The van der Waals surface area contributed by atoms with Gasteiger partial charge in [-0.25, -0.2) is 14.4 Å². The Morgan fingerprint density at radius 3 is 2.77 bits per heavy atom. The summed E-state index contributed by atoms with van der Waals surface area (Å²) in [4.78, 5) is 11.0. The number of hydrogen-bond acceptors (Lipinski definition) is 7. The van der Waals surface area contributed by atoms with Crippen molar-refractivity contribution < 1.29 is 13.9 Å². The van der Waals surface area contributed by atoms with Crippen molar-refractivity contribution in [2.75, 3.05) is 50.2 Å². The number of fused-ring (bicyclic) bond motifs is 1. The monoisotopic (exact) mass is 448 g/mol. The SMILES string of the molecule is COc1cc2c(Nc3ccc(Cl)cc3F)ncnc2cc1OCCN1CCSCC1. The van der Waals surface area contributed by atoms with Gasteiger partial charge in [-0.1, -0.05) is 11.6 Å². The second kappa shape index (κ2) is 9.68. The van der Waals surface area contributed by atoms with Crippen LogP contribution in [0.5, 0.6) is 11.5 Å². The fourth-order valence-electron chi connectivity index (χ4n) is 3.26. The number of hydrogen-bond donors (Lipinski definition) is 1. The number of benzene rings is 2. The number of nitrogens with zero attached hydrogens (tertiary/aromatic N) is 3. The Morgan fingerprint density at radius 1 is 1.17 bits per heavy atom. The van der Waals surface area contributed by atoms with E-state index < -0.39 is 5.82 Å². The first-order chi connectivity index (χ1) is 14.6. The minimum atomic E-state index is -0.461. The zero-order valence-electron chi connectivity index (χ0n) is 16.5. The molecule has 9 heteroatoms. The van der Waals surface area contributed by atoms with Crippen molar-refractivity contribution in [1.29, 1.82) is 0 Å². The van der Waals surface area contributed by atoms with Crippen molar-refractivity contribution in [2.24, 2.45) is 0 Å². The number of anilines is 2. The van der Waals surface area contributed by atoms with Crippen LogP contribution in [0.1, 0.15) is 0 Å². The molecule has 1 aromatic heterocycles. The van der Waals surface area contributed by atoms with E-state index in [1.165, 1.54) is 23.9 Å². The lowest BCUT2D eigenvalue weighted by Gasteiger charge is -2.26. The number of halogens is 2. The average Bonchev–Trinajstić information content (AvgIpc) is 2.76. The number of thioether (sulfide) groups is 1. The molecule has 1 N–H and O–H groups in total. The molecular weight excluding hydrogens is 427 g/mol. The van der Waals surface area contributed by atoms with Gasteiger partial charge in [-0.2, -0.15) is 11.8 Å². The molecule has 6 nitrogen and oxygen atoms in total. The smallest absolute Gasteiger partial charge is 0.163 e. The number of nitrogens with one attached hydrogen (secondary N) is 1. The van der Waals surface area contributed by atoms with E-state index in [1.54, 1.807) is 25.3 Å². The highest BCUT2D eigenvalue weighted by Gasteiger charge is 2.14. The molecule has 3 aromatic rings. The number of aromatic nitrogens is 2. The first-order valence-electron chi connectivity index (χ1n) is 9.62. The molecule has 2 aromatic carbocycles. The Kier molecular flexibility index (Phi) is 6.76. The van der Waals surface area contributed by atoms with Crippen molar-refractivity contribution >= 4 is 45.8 Å². The van der Waals surface area contributed by atoms with Crippen LogP contribution in [-0.2, 0) is 0 Å². The predicted molar refractivity (Wildman–Crippen MR) is 120 cm³/mol. The van der Waals surface area contributed by atoms with Gasteiger partial charge in [0.05, 0.1) is 18.3 Å². The molecule has 0 atom stereocenters. The quantitative estimate of drug-likeness (QED) is 0.566. The Balaban J connectivity index is 1.55. The van der Waals surface area contributed by atoms with Gasteiger partial charge in [-0.3, -0.25) is 4.90 Å². The maximum atomic E-state index is 14.2. The van der Waals surface area contributed by atoms with Gasteiger partial charge in [0.15, 0.2) is 11.5 Å². The van der Waals surface area contributed by atoms with Crippen LogP contribution in [0.25, 0.3) is 10.9 Å². The minimum Gasteiger partial charge on any atom is -0.493 e. The summed E-state index contributed by atoms with van der Waals surface area (Å²) in [7, 11) is 1.59. The van der Waals surface area contributed by atoms with E-state index in [2.05, 4.69) is 20.2 Å². The summed E-state index contributed by atoms with van der Waals surface area (Å²) in [5.41, 5.74) is 0.949. The second-order valence-electron chi connectivity index (χ2n) is 6.79. The predicted octanol–water partition coefficient (Wildman–Crippen LogP) is 4.60. The van der Waals surface area contributed by atoms with Gasteiger partial charge in [0.2, 0.25) is 0 Å². The Bertz CT molecular complexity index is 1030. The third-order valence-electron chi connectivity index (χ3n) is 4.87. The molecule has 1 aliphatic heterocycles. The third-order valence-corrected chi connectivity index (χ3v) is 6.05. The summed E-state index contributed by atoms with van der Waals surface area (Å²) in [6.45, 7) is 3.62. The Labute approximate surface area is 183 Å². The highest BCUT2D eigenvalue weighted by atomic mass is 35.5. The van der Waals surface area contributed by atoms with Gasteiger partial charge >= 0.3 is 0 Å². The molecule has 0 unspecified atom stereocenters. The first kappa shape index (κ1) is 21.0. The lowest BCUT2D eigenvalue weighted by atomic mass is 10.2. The molecule has 30 heavy (non-hydrogen) atoms. The van der Waals surface area contributed by atoms with Gasteiger partial charge in [0.25, 0.3) is 0 Å². The van der Waals surface area contributed by atoms with Crippen LogP contribution in [0.3, 0.4) is 0 Å². The van der Waals surface area contributed by atoms with Gasteiger partial charge in [0, 0.05) is 47.6 Å². The molecule has 0 radical (unpaired) electrons. The lowest BCUT2D eigenvalue weighted by molar-refractivity contribution is 0.217. The van der Waals surface area contributed by atoms with E-state index in [9.17, 15) is 4.39 Å². The highest BCUT2D eigenvalue weighted by Crippen LogP contribution is 2.35. The molecule has 0 aliphatic carbocycles. The summed E-state index contributed by atoms with van der Waals surface area (Å²) < 4.78 is 25.7. The summed E-state index contributed by atoms with van der Waals surface area (Å²) in [6.07, 6.45) is 1.43. The van der Waals surface area contributed by atoms with Gasteiger partial charge < -0.3 is 14.8 Å².